The van der Waals surface area contributed by atoms with Gasteiger partial charge in [0.15, 0.2) is 5.03 Å². The number of H-pyrrole nitrogens is 1. The molecule has 8 heteroatoms. The fourth-order valence-electron chi connectivity index (χ4n) is 1.68. The molecular weight excluding hydrogens is 266 g/mol. The van der Waals surface area contributed by atoms with Crippen LogP contribution in [0, 0.1) is 0 Å². The van der Waals surface area contributed by atoms with Gasteiger partial charge in [-0.1, -0.05) is 0 Å². The van der Waals surface area contributed by atoms with Crippen LogP contribution < -0.4 is 10.0 Å². The standard InChI is InChI=1S/C11H23N5O2S/c1-12-8-10-9-13-15-11(10)19(17,18)14-6-4-5-7-16(2)3/h9,12,14H,4-8H2,1-3H3,(H,13,15). The second-order valence-electron chi connectivity index (χ2n) is 4.66. The van der Waals surface area contributed by atoms with Gasteiger partial charge in [-0.2, -0.15) is 5.10 Å². The highest BCUT2D eigenvalue weighted by Crippen LogP contribution is 2.11. The number of nitrogens with one attached hydrogen (secondary N) is 3. The fraction of sp³-hybridized carbons (Fsp3) is 0.727. The lowest BCUT2D eigenvalue weighted by molar-refractivity contribution is 0.394. The molecule has 0 saturated carbocycles. The van der Waals surface area contributed by atoms with Crippen LogP contribution in [0.4, 0.5) is 0 Å². The van der Waals surface area contributed by atoms with Gasteiger partial charge in [0.2, 0.25) is 0 Å². The molecule has 0 saturated heterocycles. The summed E-state index contributed by atoms with van der Waals surface area (Å²) in [6, 6.07) is 0. The first-order valence-electron chi connectivity index (χ1n) is 6.28. The third-order valence-electron chi connectivity index (χ3n) is 2.64. The molecule has 0 fully saturated rings. The molecule has 1 heterocycles. The maximum atomic E-state index is 12.1. The zero-order chi connectivity index (χ0) is 14.3. The summed E-state index contributed by atoms with van der Waals surface area (Å²) >= 11 is 0. The van der Waals surface area contributed by atoms with Gasteiger partial charge in [0.25, 0.3) is 10.0 Å². The first-order valence-corrected chi connectivity index (χ1v) is 7.77. The van der Waals surface area contributed by atoms with Crippen molar-refractivity contribution < 1.29 is 8.42 Å². The largest absolute Gasteiger partial charge is 0.316 e. The molecule has 0 spiro atoms. The van der Waals surface area contributed by atoms with Crippen molar-refractivity contribution in [2.75, 3.05) is 34.2 Å². The van der Waals surface area contributed by atoms with Gasteiger partial charge in [0.1, 0.15) is 0 Å². The molecule has 7 nitrogen and oxygen atoms in total. The minimum absolute atomic E-state index is 0.148. The Morgan fingerprint density at radius 1 is 1.37 bits per heavy atom. The third-order valence-corrected chi connectivity index (χ3v) is 4.11. The third kappa shape index (κ3) is 5.27. The van der Waals surface area contributed by atoms with Crippen LogP contribution in [0.2, 0.25) is 0 Å². The van der Waals surface area contributed by atoms with Gasteiger partial charge in [-0.05, 0) is 40.5 Å². The Labute approximate surface area is 114 Å². The lowest BCUT2D eigenvalue weighted by Gasteiger charge is -2.10. The molecule has 19 heavy (non-hydrogen) atoms. The number of nitrogens with zero attached hydrogens (tertiary/aromatic N) is 2. The summed E-state index contributed by atoms with van der Waals surface area (Å²) in [4.78, 5) is 2.08. The van der Waals surface area contributed by atoms with Crippen LogP contribution in [0.25, 0.3) is 0 Å². The van der Waals surface area contributed by atoms with Crippen LogP contribution in [0.15, 0.2) is 11.2 Å². The molecule has 1 aromatic rings. The van der Waals surface area contributed by atoms with E-state index in [0.29, 0.717) is 18.7 Å². The molecule has 110 valence electrons. The van der Waals surface area contributed by atoms with E-state index in [1.165, 1.54) is 6.20 Å². The second-order valence-corrected chi connectivity index (χ2v) is 6.37. The summed E-state index contributed by atoms with van der Waals surface area (Å²) in [6.45, 7) is 1.86. The van der Waals surface area contributed by atoms with Gasteiger partial charge in [0.05, 0.1) is 6.20 Å². The van der Waals surface area contributed by atoms with E-state index >= 15 is 0 Å². The normalized spacial score (nSPS) is 12.2. The summed E-state index contributed by atoms with van der Waals surface area (Å²) in [5.41, 5.74) is 0.642. The van der Waals surface area contributed by atoms with Crippen molar-refractivity contribution in [3.63, 3.8) is 0 Å². The van der Waals surface area contributed by atoms with Crippen molar-refractivity contribution in [1.29, 1.82) is 0 Å². The number of aromatic nitrogens is 2. The lowest BCUT2D eigenvalue weighted by Crippen LogP contribution is -2.27. The highest BCUT2D eigenvalue weighted by molar-refractivity contribution is 7.89. The molecular formula is C11H23N5O2S. The Balaban J connectivity index is 2.49. The number of hydrogen-bond donors (Lipinski definition) is 3. The molecule has 3 N–H and O–H groups in total. The van der Waals surface area contributed by atoms with E-state index in [-0.39, 0.29) is 5.03 Å². The number of aromatic amines is 1. The summed E-state index contributed by atoms with van der Waals surface area (Å²) in [6.07, 6.45) is 3.30. The number of unbranched alkanes of at least 4 members (excludes halogenated alkanes) is 1. The van der Waals surface area contributed by atoms with Crippen molar-refractivity contribution >= 4 is 10.0 Å². The molecule has 0 unspecified atom stereocenters. The van der Waals surface area contributed by atoms with Gasteiger partial charge >= 0.3 is 0 Å². The maximum Gasteiger partial charge on any atom is 0.257 e. The Morgan fingerprint density at radius 3 is 2.74 bits per heavy atom. The highest BCUT2D eigenvalue weighted by Gasteiger charge is 2.19. The van der Waals surface area contributed by atoms with Crippen molar-refractivity contribution in [3.05, 3.63) is 11.8 Å². The van der Waals surface area contributed by atoms with Crippen molar-refractivity contribution in [1.82, 2.24) is 25.1 Å². The van der Waals surface area contributed by atoms with Crippen LogP contribution in [0.5, 0.6) is 0 Å². The predicted molar refractivity (Wildman–Crippen MR) is 74.3 cm³/mol. The van der Waals surface area contributed by atoms with Gasteiger partial charge in [0, 0.05) is 18.7 Å². The van der Waals surface area contributed by atoms with Gasteiger partial charge < -0.3 is 10.2 Å². The Hall–Kier alpha value is -0.960. The zero-order valence-electron chi connectivity index (χ0n) is 11.7. The van der Waals surface area contributed by atoms with Gasteiger partial charge in [-0.25, -0.2) is 13.1 Å². The van der Waals surface area contributed by atoms with Crippen LogP contribution in [0.1, 0.15) is 18.4 Å². The SMILES string of the molecule is CNCc1cn[nH]c1S(=O)(=O)NCCCCN(C)C. The Bertz CT molecular complexity index is 469. The summed E-state index contributed by atoms with van der Waals surface area (Å²) in [7, 11) is 2.27. The minimum atomic E-state index is -3.49. The first-order chi connectivity index (χ1) is 8.97. The van der Waals surface area contributed by atoms with Gasteiger partial charge in [-0.15, -0.1) is 0 Å². The smallest absolute Gasteiger partial charge is 0.257 e. The van der Waals surface area contributed by atoms with E-state index in [0.717, 1.165) is 19.4 Å². The summed E-state index contributed by atoms with van der Waals surface area (Å²) in [5.74, 6) is 0. The molecule has 0 aliphatic rings. The quantitative estimate of drug-likeness (QED) is 0.545. The molecule has 0 bridgehead atoms. The van der Waals surface area contributed by atoms with Crippen LogP contribution in [-0.4, -0.2) is 57.7 Å². The second kappa shape index (κ2) is 7.59. The molecule has 1 aromatic heterocycles. The molecule has 0 radical (unpaired) electrons. The molecule has 0 aliphatic carbocycles. The van der Waals surface area contributed by atoms with Crippen LogP contribution in [0.3, 0.4) is 0 Å². The number of sulfonamides is 1. The number of hydrogen-bond acceptors (Lipinski definition) is 5. The Kier molecular flexibility index (Phi) is 6.43. The van der Waals surface area contributed by atoms with Gasteiger partial charge in [-0.3, -0.25) is 5.10 Å². The Morgan fingerprint density at radius 2 is 2.11 bits per heavy atom. The van der Waals surface area contributed by atoms with Crippen molar-refractivity contribution in [2.24, 2.45) is 0 Å². The molecule has 0 aliphatic heterocycles. The zero-order valence-corrected chi connectivity index (χ0v) is 12.5. The monoisotopic (exact) mass is 289 g/mol. The molecule has 1 rings (SSSR count). The topological polar surface area (TPSA) is 90.1 Å². The lowest BCUT2D eigenvalue weighted by atomic mass is 10.3. The first kappa shape index (κ1) is 16.1. The highest BCUT2D eigenvalue weighted by atomic mass is 32.2. The number of rotatable bonds is 9. The molecule has 0 amide bonds. The summed E-state index contributed by atoms with van der Waals surface area (Å²) < 4.78 is 26.7. The average molecular weight is 289 g/mol. The van der Waals surface area contributed by atoms with Crippen LogP contribution in [-0.2, 0) is 16.6 Å². The average Bonchev–Trinajstić information content (AvgIpc) is 2.77. The van der Waals surface area contributed by atoms with E-state index in [2.05, 4.69) is 25.1 Å². The van der Waals surface area contributed by atoms with E-state index in [4.69, 9.17) is 0 Å². The van der Waals surface area contributed by atoms with Crippen LogP contribution >= 0.6 is 0 Å². The predicted octanol–water partition coefficient (Wildman–Crippen LogP) is -0.251. The molecule has 0 aromatic carbocycles. The molecule has 0 atom stereocenters. The van der Waals surface area contributed by atoms with E-state index in [1.54, 1.807) is 7.05 Å². The van der Waals surface area contributed by atoms with Crippen molar-refractivity contribution in [3.8, 4) is 0 Å². The van der Waals surface area contributed by atoms with Crippen molar-refractivity contribution in [2.45, 2.75) is 24.4 Å². The van der Waals surface area contributed by atoms with E-state index in [9.17, 15) is 8.42 Å². The van der Waals surface area contributed by atoms with E-state index in [1.807, 2.05) is 14.1 Å². The fourth-order valence-corrected chi connectivity index (χ4v) is 2.88. The minimum Gasteiger partial charge on any atom is -0.316 e. The van der Waals surface area contributed by atoms with E-state index < -0.39 is 10.0 Å². The summed E-state index contributed by atoms with van der Waals surface area (Å²) in [5, 5.41) is 9.39. The maximum absolute atomic E-state index is 12.1.